The van der Waals surface area contributed by atoms with E-state index in [9.17, 15) is 14.0 Å². The summed E-state index contributed by atoms with van der Waals surface area (Å²) in [5.74, 6) is -1.88. The quantitative estimate of drug-likeness (QED) is 0.574. The Morgan fingerprint density at radius 2 is 2.12 bits per heavy atom. The zero-order valence-electron chi connectivity index (χ0n) is 8.62. The molecule has 0 saturated carbocycles. The number of nitrogens with one attached hydrogen (secondary N) is 1. The van der Waals surface area contributed by atoms with Crippen molar-refractivity contribution in [3.05, 3.63) is 29.6 Å². The fourth-order valence-corrected chi connectivity index (χ4v) is 1.02. The van der Waals surface area contributed by atoms with Crippen LogP contribution < -0.4 is 11.1 Å². The van der Waals surface area contributed by atoms with Crippen molar-refractivity contribution in [2.24, 2.45) is 0 Å². The molecule has 0 unspecified atom stereocenters. The second kappa shape index (κ2) is 5.11. The van der Waals surface area contributed by atoms with Gasteiger partial charge in [0.1, 0.15) is 5.82 Å². The first-order chi connectivity index (χ1) is 7.52. The Kier molecular flexibility index (Phi) is 3.82. The third-order valence-electron chi connectivity index (χ3n) is 1.77. The molecule has 0 heterocycles. The van der Waals surface area contributed by atoms with E-state index >= 15 is 0 Å². The van der Waals surface area contributed by atoms with Crippen molar-refractivity contribution in [2.75, 3.05) is 19.4 Å². The van der Waals surface area contributed by atoms with Gasteiger partial charge in [-0.15, -0.1) is 0 Å². The van der Waals surface area contributed by atoms with E-state index in [0.717, 1.165) is 12.1 Å². The van der Waals surface area contributed by atoms with Gasteiger partial charge in [0.15, 0.2) is 6.61 Å². The molecule has 0 aliphatic heterocycles. The van der Waals surface area contributed by atoms with Crippen LogP contribution in [0.5, 0.6) is 0 Å². The molecule has 16 heavy (non-hydrogen) atoms. The minimum absolute atomic E-state index is 0.0265. The zero-order valence-corrected chi connectivity index (χ0v) is 8.62. The van der Waals surface area contributed by atoms with Gasteiger partial charge in [0.05, 0.1) is 5.56 Å². The topological polar surface area (TPSA) is 81.4 Å². The molecule has 1 aromatic rings. The number of carbonyl (C=O) groups excluding carboxylic acids is 2. The molecule has 0 aliphatic carbocycles. The Morgan fingerprint density at radius 3 is 2.69 bits per heavy atom. The van der Waals surface area contributed by atoms with Crippen LogP contribution in [0.2, 0.25) is 0 Å². The van der Waals surface area contributed by atoms with Crippen molar-refractivity contribution >= 4 is 17.6 Å². The summed E-state index contributed by atoms with van der Waals surface area (Å²) in [5, 5.41) is 2.28. The number of nitrogens with two attached hydrogens (primary N) is 1. The van der Waals surface area contributed by atoms with Crippen molar-refractivity contribution in [3.8, 4) is 0 Å². The van der Waals surface area contributed by atoms with Gasteiger partial charge in [-0.05, 0) is 18.2 Å². The van der Waals surface area contributed by atoms with Gasteiger partial charge < -0.3 is 15.8 Å². The Bertz CT molecular complexity index is 400. The molecular formula is C10H11FN2O3. The largest absolute Gasteiger partial charge is 0.452 e. The highest BCUT2D eigenvalue weighted by atomic mass is 19.1. The highest BCUT2D eigenvalue weighted by Crippen LogP contribution is 2.11. The maximum atomic E-state index is 12.9. The van der Waals surface area contributed by atoms with Gasteiger partial charge >= 0.3 is 5.97 Å². The zero-order chi connectivity index (χ0) is 12.1. The van der Waals surface area contributed by atoms with Gasteiger partial charge in [0.2, 0.25) is 0 Å². The van der Waals surface area contributed by atoms with Gasteiger partial charge in [0.25, 0.3) is 5.91 Å². The molecule has 0 aromatic heterocycles. The number of likely N-dealkylation sites (N-methyl/N-ethyl adjacent to an activating group) is 1. The van der Waals surface area contributed by atoms with Crippen molar-refractivity contribution in [3.63, 3.8) is 0 Å². The number of hydrogen-bond donors (Lipinski definition) is 2. The van der Waals surface area contributed by atoms with Crippen LogP contribution in [0.3, 0.4) is 0 Å². The molecule has 0 radical (unpaired) electrons. The van der Waals surface area contributed by atoms with E-state index in [-0.39, 0.29) is 11.3 Å². The van der Waals surface area contributed by atoms with E-state index < -0.39 is 24.3 Å². The van der Waals surface area contributed by atoms with Gasteiger partial charge in [-0.3, -0.25) is 4.79 Å². The standard InChI is InChI=1S/C10H11FN2O3/c1-13-9(14)5-16-10(15)6-2-7(11)4-8(12)3-6/h2-4H,5,12H2,1H3,(H,13,14). The molecule has 0 fully saturated rings. The number of nitrogen functional groups attached to an aromatic ring is 1. The molecule has 1 amide bonds. The molecule has 1 rings (SSSR count). The van der Waals surface area contributed by atoms with Crippen molar-refractivity contribution in [1.29, 1.82) is 0 Å². The van der Waals surface area contributed by atoms with Gasteiger partial charge in [0, 0.05) is 12.7 Å². The normalized spacial score (nSPS) is 9.62. The summed E-state index contributed by atoms with van der Waals surface area (Å²) >= 11 is 0. The lowest BCUT2D eigenvalue weighted by molar-refractivity contribution is -0.123. The number of anilines is 1. The minimum atomic E-state index is -0.796. The van der Waals surface area contributed by atoms with Crippen LogP contribution in [0, 0.1) is 5.82 Å². The summed E-state index contributed by atoms with van der Waals surface area (Å²) in [4.78, 5) is 22.1. The number of ether oxygens (including phenoxy) is 1. The summed E-state index contributed by atoms with van der Waals surface area (Å²) < 4.78 is 17.5. The lowest BCUT2D eigenvalue weighted by Crippen LogP contribution is -2.25. The first-order valence-corrected chi connectivity index (χ1v) is 4.46. The van der Waals surface area contributed by atoms with Crippen LogP contribution in [0.4, 0.5) is 10.1 Å². The van der Waals surface area contributed by atoms with Crippen LogP contribution >= 0.6 is 0 Å². The van der Waals surface area contributed by atoms with E-state index in [1.165, 1.54) is 13.1 Å². The molecule has 0 bridgehead atoms. The lowest BCUT2D eigenvalue weighted by Gasteiger charge is -2.04. The van der Waals surface area contributed by atoms with E-state index in [1.807, 2.05) is 0 Å². The molecule has 0 atom stereocenters. The number of benzene rings is 1. The molecule has 0 aliphatic rings. The van der Waals surface area contributed by atoms with E-state index in [4.69, 9.17) is 5.73 Å². The van der Waals surface area contributed by atoms with Gasteiger partial charge in [-0.25, -0.2) is 9.18 Å². The third kappa shape index (κ3) is 3.23. The number of halogens is 1. The van der Waals surface area contributed by atoms with Crippen LogP contribution in [-0.4, -0.2) is 25.5 Å². The maximum absolute atomic E-state index is 12.9. The molecule has 5 nitrogen and oxygen atoms in total. The average Bonchev–Trinajstić information content (AvgIpc) is 2.23. The summed E-state index contributed by atoms with van der Waals surface area (Å²) in [6.07, 6.45) is 0. The Balaban J connectivity index is 2.69. The van der Waals surface area contributed by atoms with Crippen LogP contribution in [0.15, 0.2) is 18.2 Å². The highest BCUT2D eigenvalue weighted by molar-refractivity contribution is 5.92. The Labute approximate surface area is 91.4 Å². The van der Waals surface area contributed by atoms with Crippen LogP contribution in [0.1, 0.15) is 10.4 Å². The number of carbonyl (C=O) groups is 2. The maximum Gasteiger partial charge on any atom is 0.338 e. The number of esters is 1. The smallest absolute Gasteiger partial charge is 0.338 e. The Morgan fingerprint density at radius 1 is 1.44 bits per heavy atom. The fourth-order valence-electron chi connectivity index (χ4n) is 1.02. The molecule has 1 aromatic carbocycles. The van der Waals surface area contributed by atoms with Gasteiger partial charge in [-0.1, -0.05) is 0 Å². The third-order valence-corrected chi connectivity index (χ3v) is 1.77. The summed E-state index contributed by atoms with van der Waals surface area (Å²) in [7, 11) is 1.41. The monoisotopic (exact) mass is 226 g/mol. The highest BCUT2D eigenvalue weighted by Gasteiger charge is 2.11. The van der Waals surface area contributed by atoms with Crippen molar-refractivity contribution in [1.82, 2.24) is 5.32 Å². The molecule has 0 saturated heterocycles. The summed E-state index contributed by atoms with van der Waals surface area (Å²) in [5.41, 5.74) is 5.44. The van der Waals surface area contributed by atoms with E-state index in [2.05, 4.69) is 10.1 Å². The average molecular weight is 226 g/mol. The van der Waals surface area contributed by atoms with E-state index in [0.29, 0.717) is 0 Å². The molecule has 86 valence electrons. The van der Waals surface area contributed by atoms with Crippen molar-refractivity contribution < 1.29 is 18.7 Å². The summed E-state index contributed by atoms with van der Waals surface area (Å²) in [6, 6.07) is 3.34. The number of amides is 1. The Hall–Kier alpha value is -2.11. The number of hydrogen-bond acceptors (Lipinski definition) is 4. The predicted octanol–water partition coefficient (Wildman–Crippen LogP) is 0.311. The predicted molar refractivity (Wildman–Crippen MR) is 55.2 cm³/mol. The molecule has 6 heteroatoms. The molecule has 0 spiro atoms. The first-order valence-electron chi connectivity index (χ1n) is 4.46. The second-order valence-electron chi connectivity index (χ2n) is 3.02. The van der Waals surface area contributed by atoms with Crippen molar-refractivity contribution in [2.45, 2.75) is 0 Å². The fraction of sp³-hybridized carbons (Fsp3) is 0.200. The molecular weight excluding hydrogens is 215 g/mol. The SMILES string of the molecule is CNC(=O)COC(=O)c1cc(N)cc(F)c1. The lowest BCUT2D eigenvalue weighted by atomic mass is 10.2. The van der Waals surface area contributed by atoms with Crippen LogP contribution in [0.25, 0.3) is 0 Å². The van der Waals surface area contributed by atoms with Crippen LogP contribution in [-0.2, 0) is 9.53 Å². The first kappa shape index (κ1) is 12.0. The van der Waals surface area contributed by atoms with Gasteiger partial charge in [-0.2, -0.15) is 0 Å². The molecule has 3 N–H and O–H groups in total. The second-order valence-corrected chi connectivity index (χ2v) is 3.02. The minimum Gasteiger partial charge on any atom is -0.452 e. The van der Waals surface area contributed by atoms with E-state index in [1.54, 1.807) is 0 Å². The summed E-state index contributed by atoms with van der Waals surface area (Å²) in [6.45, 7) is -0.411. The number of rotatable bonds is 3.